The van der Waals surface area contributed by atoms with Gasteiger partial charge in [-0.2, -0.15) is 0 Å². The largest absolute Gasteiger partial charge is 0.505 e. The molecule has 0 aliphatic heterocycles. The summed E-state index contributed by atoms with van der Waals surface area (Å²) in [4.78, 5) is 12.8. The van der Waals surface area contributed by atoms with Gasteiger partial charge in [0.2, 0.25) is 0 Å². The number of phenols is 1. The Labute approximate surface area is 145 Å². The van der Waals surface area contributed by atoms with Crippen LogP contribution in [-0.4, -0.2) is 10.9 Å². The first-order valence-electron chi connectivity index (χ1n) is 7.55. The van der Waals surface area contributed by atoms with Crippen molar-refractivity contribution in [3.05, 3.63) is 74.8 Å². The molecule has 4 heteroatoms. The number of carbonyl (C=O) groups is 1. The van der Waals surface area contributed by atoms with E-state index in [-0.39, 0.29) is 21.6 Å². The average molecular weight is 347 g/mol. The zero-order valence-corrected chi connectivity index (χ0v) is 14.0. The predicted octanol–water partition coefficient (Wildman–Crippen LogP) is 5.39. The van der Waals surface area contributed by atoms with Gasteiger partial charge in [-0.15, -0.1) is 0 Å². The summed E-state index contributed by atoms with van der Waals surface area (Å²) in [6, 6.07) is 11.2. The molecule has 0 saturated carbocycles. The molecule has 0 saturated heterocycles. The van der Waals surface area contributed by atoms with Crippen molar-refractivity contribution in [2.24, 2.45) is 0 Å². The maximum atomic E-state index is 12.8. The van der Waals surface area contributed by atoms with Crippen LogP contribution in [0.4, 0.5) is 0 Å². The van der Waals surface area contributed by atoms with Crippen molar-refractivity contribution >= 4 is 29.0 Å². The Balaban J connectivity index is 1.95. The van der Waals surface area contributed by atoms with Crippen LogP contribution in [0.3, 0.4) is 0 Å². The van der Waals surface area contributed by atoms with Crippen LogP contribution in [-0.2, 0) is 12.8 Å². The first-order valence-corrected chi connectivity index (χ1v) is 8.30. The molecular weight excluding hydrogens is 331 g/mol. The lowest BCUT2D eigenvalue weighted by molar-refractivity contribution is 0.103. The molecule has 0 fully saturated rings. The van der Waals surface area contributed by atoms with Crippen molar-refractivity contribution in [3.63, 3.8) is 0 Å². The van der Waals surface area contributed by atoms with Crippen LogP contribution in [0, 0.1) is 0 Å². The Morgan fingerprint density at radius 3 is 2.39 bits per heavy atom. The standard InChI is InChI=1S/C19H16Cl2O2/c20-16-10-15(11-17(21)19(16)23)18(22)14-8-4-2-6-12-5-1-3-7-13(12)9-14/h1,3,5,7-8,10-11,23H,2,4,6,9H2/b14-8-. The Hall–Kier alpha value is -1.77. The molecule has 0 unspecified atom stereocenters. The van der Waals surface area contributed by atoms with Crippen molar-refractivity contribution in [2.45, 2.75) is 25.7 Å². The normalized spacial score (nSPS) is 16.7. The minimum Gasteiger partial charge on any atom is -0.505 e. The van der Waals surface area contributed by atoms with Crippen LogP contribution < -0.4 is 0 Å². The molecule has 0 spiro atoms. The third kappa shape index (κ3) is 3.44. The summed E-state index contributed by atoms with van der Waals surface area (Å²) in [5, 5.41) is 9.83. The van der Waals surface area contributed by atoms with Crippen LogP contribution in [0.15, 0.2) is 48.0 Å². The van der Waals surface area contributed by atoms with Crippen LogP contribution in [0.25, 0.3) is 0 Å². The number of halogens is 2. The van der Waals surface area contributed by atoms with Crippen molar-refractivity contribution in [3.8, 4) is 5.75 Å². The number of phenolic OH excluding ortho intramolecular Hbond substituents is 1. The quantitative estimate of drug-likeness (QED) is 0.740. The molecule has 0 atom stereocenters. The Kier molecular flexibility index (Phi) is 4.74. The molecule has 2 aromatic rings. The highest BCUT2D eigenvalue weighted by Crippen LogP contribution is 2.34. The van der Waals surface area contributed by atoms with E-state index in [1.165, 1.54) is 23.3 Å². The van der Waals surface area contributed by atoms with E-state index >= 15 is 0 Å². The fraction of sp³-hybridized carbons (Fsp3) is 0.211. The molecule has 0 radical (unpaired) electrons. The summed E-state index contributed by atoms with van der Waals surface area (Å²) in [6.45, 7) is 0. The molecule has 0 heterocycles. The number of benzene rings is 2. The number of fused-ring (bicyclic) bond motifs is 1. The monoisotopic (exact) mass is 346 g/mol. The van der Waals surface area contributed by atoms with Gasteiger partial charge in [-0.05, 0) is 42.5 Å². The summed E-state index contributed by atoms with van der Waals surface area (Å²) >= 11 is 11.9. The van der Waals surface area contributed by atoms with Gasteiger partial charge in [0.1, 0.15) is 0 Å². The molecule has 3 rings (SSSR count). The van der Waals surface area contributed by atoms with E-state index in [0.717, 1.165) is 24.8 Å². The van der Waals surface area contributed by atoms with E-state index in [4.69, 9.17) is 23.2 Å². The molecule has 2 aromatic carbocycles. The van der Waals surface area contributed by atoms with Gasteiger partial charge in [-0.3, -0.25) is 4.79 Å². The third-order valence-electron chi connectivity index (χ3n) is 4.11. The molecule has 118 valence electrons. The zero-order chi connectivity index (χ0) is 16.4. The molecule has 1 N–H and O–H groups in total. The summed E-state index contributed by atoms with van der Waals surface area (Å²) < 4.78 is 0. The SMILES string of the molecule is O=C(/C1=C\CCCc2ccccc2C1)c1cc(Cl)c(O)c(Cl)c1. The van der Waals surface area contributed by atoms with Crippen LogP contribution in [0.2, 0.25) is 10.0 Å². The smallest absolute Gasteiger partial charge is 0.189 e. The number of allylic oxidation sites excluding steroid dienone is 2. The fourth-order valence-corrected chi connectivity index (χ4v) is 3.36. The van der Waals surface area contributed by atoms with Crippen molar-refractivity contribution < 1.29 is 9.90 Å². The Bertz CT molecular complexity index is 771. The van der Waals surface area contributed by atoms with E-state index in [1.54, 1.807) is 0 Å². The highest BCUT2D eigenvalue weighted by molar-refractivity contribution is 6.37. The van der Waals surface area contributed by atoms with E-state index in [9.17, 15) is 9.90 Å². The number of hydrogen-bond donors (Lipinski definition) is 1. The molecular formula is C19H16Cl2O2. The van der Waals surface area contributed by atoms with Crippen molar-refractivity contribution in [1.82, 2.24) is 0 Å². The lowest BCUT2D eigenvalue weighted by atomic mass is 9.89. The highest BCUT2D eigenvalue weighted by Gasteiger charge is 2.18. The fourth-order valence-electron chi connectivity index (χ4n) is 2.87. The summed E-state index contributed by atoms with van der Waals surface area (Å²) in [5.74, 6) is -0.285. The third-order valence-corrected chi connectivity index (χ3v) is 4.69. The maximum Gasteiger partial charge on any atom is 0.189 e. The van der Waals surface area contributed by atoms with Gasteiger partial charge in [-0.25, -0.2) is 0 Å². The second-order valence-corrected chi connectivity index (χ2v) is 6.50. The minimum absolute atomic E-state index is 0.0905. The van der Waals surface area contributed by atoms with Crippen molar-refractivity contribution in [1.29, 1.82) is 0 Å². The van der Waals surface area contributed by atoms with Crippen LogP contribution in [0.1, 0.15) is 34.3 Å². The molecule has 1 aliphatic carbocycles. The number of hydrogen-bond acceptors (Lipinski definition) is 2. The van der Waals surface area contributed by atoms with Crippen LogP contribution >= 0.6 is 23.2 Å². The number of aromatic hydroxyl groups is 1. The van der Waals surface area contributed by atoms with E-state index in [2.05, 4.69) is 12.1 Å². The first kappa shape index (κ1) is 16.1. The average Bonchev–Trinajstić information content (AvgIpc) is 2.52. The summed E-state index contributed by atoms with van der Waals surface area (Å²) in [7, 11) is 0. The summed E-state index contributed by atoms with van der Waals surface area (Å²) in [5.41, 5.74) is 3.63. The lowest BCUT2D eigenvalue weighted by Crippen LogP contribution is -2.10. The summed E-state index contributed by atoms with van der Waals surface area (Å²) in [6.07, 6.45) is 5.53. The van der Waals surface area contributed by atoms with Gasteiger partial charge in [0.15, 0.2) is 11.5 Å². The number of Topliss-reactive ketones (excluding diaryl/α,β-unsaturated/α-hetero) is 1. The molecule has 2 nitrogen and oxygen atoms in total. The molecule has 0 amide bonds. The Morgan fingerprint density at radius 2 is 1.70 bits per heavy atom. The maximum absolute atomic E-state index is 12.8. The Morgan fingerprint density at radius 1 is 1.04 bits per heavy atom. The number of rotatable bonds is 2. The van der Waals surface area contributed by atoms with Gasteiger partial charge >= 0.3 is 0 Å². The predicted molar refractivity (Wildman–Crippen MR) is 93.6 cm³/mol. The van der Waals surface area contributed by atoms with Crippen LogP contribution in [0.5, 0.6) is 5.75 Å². The first-order chi connectivity index (χ1) is 11.1. The van der Waals surface area contributed by atoms with E-state index in [1.807, 2.05) is 18.2 Å². The van der Waals surface area contributed by atoms with Gasteiger partial charge in [0.25, 0.3) is 0 Å². The number of ketones is 1. The molecule has 0 bridgehead atoms. The van der Waals surface area contributed by atoms with Crippen molar-refractivity contribution in [2.75, 3.05) is 0 Å². The van der Waals surface area contributed by atoms with Gasteiger partial charge in [0, 0.05) is 17.6 Å². The van der Waals surface area contributed by atoms with E-state index < -0.39 is 0 Å². The van der Waals surface area contributed by atoms with Gasteiger partial charge < -0.3 is 5.11 Å². The molecule has 0 aromatic heterocycles. The number of carbonyl (C=O) groups excluding carboxylic acids is 1. The second-order valence-electron chi connectivity index (χ2n) is 5.68. The van der Waals surface area contributed by atoms with Gasteiger partial charge in [-0.1, -0.05) is 53.5 Å². The molecule has 1 aliphatic rings. The zero-order valence-electron chi connectivity index (χ0n) is 12.5. The minimum atomic E-state index is -0.193. The molecule has 23 heavy (non-hydrogen) atoms. The highest BCUT2D eigenvalue weighted by atomic mass is 35.5. The number of aryl methyl sites for hydroxylation is 1. The van der Waals surface area contributed by atoms with Gasteiger partial charge in [0.05, 0.1) is 10.0 Å². The topological polar surface area (TPSA) is 37.3 Å². The second kappa shape index (κ2) is 6.77. The lowest BCUT2D eigenvalue weighted by Gasteiger charge is -2.15. The van der Waals surface area contributed by atoms with E-state index in [0.29, 0.717) is 12.0 Å².